The molecule has 0 amide bonds. The van der Waals surface area contributed by atoms with Crippen LogP contribution in [0.15, 0.2) is 24.3 Å². The van der Waals surface area contributed by atoms with E-state index in [2.05, 4.69) is 169 Å². The van der Waals surface area contributed by atoms with Crippen molar-refractivity contribution < 1.29 is 59.4 Å². The van der Waals surface area contributed by atoms with Crippen molar-refractivity contribution in [2.75, 3.05) is 81.7 Å². The molecule has 0 fully saturated rings. The van der Waals surface area contributed by atoms with Gasteiger partial charge in [-0.05, 0) is 100 Å². The van der Waals surface area contributed by atoms with Crippen molar-refractivity contribution in [2.45, 2.75) is 132 Å². The summed E-state index contributed by atoms with van der Waals surface area (Å²) in [6.07, 6.45) is 0. The summed E-state index contributed by atoms with van der Waals surface area (Å²) in [5.41, 5.74) is 6.74. The molecule has 2 rings (SSSR count). The molecule has 54 heavy (non-hydrogen) atoms. The number of likely N-dealkylation sites (N-methyl/N-ethyl adjacent to an activating group) is 4. The Hall–Kier alpha value is -0.953. The maximum absolute atomic E-state index is 10.8. The molecular weight excluding hydrogens is 779 g/mol. The molecule has 10 heteroatoms. The minimum atomic E-state index is -0.0672. The van der Waals surface area contributed by atoms with Crippen molar-refractivity contribution in [1.82, 2.24) is 19.6 Å². The summed E-state index contributed by atoms with van der Waals surface area (Å²) in [5.74, 6) is 0.921. The van der Waals surface area contributed by atoms with Gasteiger partial charge in [-0.1, -0.05) is 107 Å². The second-order valence-electron chi connectivity index (χ2n) is 18.8. The molecule has 0 aliphatic heterocycles. The summed E-state index contributed by atoms with van der Waals surface area (Å²) in [6.45, 7) is 35.7. The molecule has 0 bridgehead atoms. The number of rotatable bonds is 10. The Bertz CT molecular complexity index is 1190. The second-order valence-corrected chi connectivity index (χ2v) is 18.8. The van der Waals surface area contributed by atoms with Gasteiger partial charge >= 0.3 is 0 Å². The van der Waals surface area contributed by atoms with Crippen molar-refractivity contribution in [3.05, 3.63) is 57.6 Å². The van der Waals surface area contributed by atoms with Gasteiger partial charge in [-0.15, -0.1) is 0 Å². The predicted molar refractivity (Wildman–Crippen MR) is 226 cm³/mol. The van der Waals surface area contributed by atoms with E-state index in [1.807, 2.05) is 0 Å². The number of hydrogen-bond donors (Lipinski definition) is 4. The Kier molecular flexibility index (Phi) is 29.7. The molecule has 0 atom stereocenters. The van der Waals surface area contributed by atoms with Crippen LogP contribution in [-0.4, -0.2) is 122 Å². The molecule has 0 unspecified atom stereocenters. The third-order valence-electron chi connectivity index (χ3n) is 8.46. The third kappa shape index (κ3) is 24.0. The first kappa shape index (κ1) is 59.7. The number of hydrogen-bond acceptors (Lipinski definition) is 8. The molecule has 2 aromatic rings. The summed E-state index contributed by atoms with van der Waals surface area (Å²) in [4.78, 5) is 8.91. The fraction of sp³-hybridized carbons (Fsp3) is 0.727. The molecule has 0 heterocycles. The molecule has 308 valence electrons. The van der Waals surface area contributed by atoms with Crippen LogP contribution in [0.2, 0.25) is 0 Å². The largest absolute Gasteiger partial charge is 0.507 e. The van der Waals surface area contributed by atoms with Crippen LogP contribution in [0.25, 0.3) is 0 Å². The number of phenols is 2. The van der Waals surface area contributed by atoms with E-state index in [0.29, 0.717) is 11.5 Å². The van der Waals surface area contributed by atoms with Gasteiger partial charge in [-0.2, -0.15) is 0 Å². The van der Waals surface area contributed by atoms with Gasteiger partial charge in [0.2, 0.25) is 0 Å². The Morgan fingerprint density at radius 1 is 0.444 bits per heavy atom. The topological polar surface area (TPSA) is 93.9 Å². The number of nitrogens with zero attached hydrogens (tertiary/aromatic N) is 4. The molecule has 0 saturated heterocycles. The van der Waals surface area contributed by atoms with E-state index in [1.54, 1.807) is 13.8 Å². The zero-order valence-corrected chi connectivity index (χ0v) is 44.9. The average Bonchev–Trinajstić information content (AvgIpc) is 2.96. The first-order valence-electron chi connectivity index (χ1n) is 19.1. The molecule has 0 aliphatic rings. The zero-order valence-electron chi connectivity index (χ0n) is 39.0. The molecule has 0 saturated carbocycles. The number of benzene rings is 2. The number of phenolic OH excluding ortho intramolecular Hbond substituents is 2. The van der Waals surface area contributed by atoms with Crippen LogP contribution in [0, 0.1) is 0 Å². The molecule has 8 nitrogen and oxygen atoms in total. The standard InChI is InChI=1S/2C20H36N2O.2C2H6O.2Zn/c2*1-19(2,3)16-12-15(14-22(9)11-10-21(7)8)18(23)17(13-16)20(4,5)6;2*1-2-3;;/h2*12-13,23H,10-11,14H2,1-9H3;2*3H,2H2,1H3;;. The van der Waals surface area contributed by atoms with Crippen molar-refractivity contribution in [3.8, 4) is 11.5 Å². The Labute approximate surface area is 359 Å². The van der Waals surface area contributed by atoms with Gasteiger partial charge in [-0.25, -0.2) is 0 Å². The van der Waals surface area contributed by atoms with Gasteiger partial charge in [0, 0.05) is 103 Å². The van der Waals surface area contributed by atoms with Crippen molar-refractivity contribution in [1.29, 1.82) is 0 Å². The van der Waals surface area contributed by atoms with E-state index in [0.717, 1.165) is 61.5 Å². The first-order chi connectivity index (χ1) is 23.5. The molecule has 0 aromatic heterocycles. The molecular formula is C44H84N4O4Zn2. The van der Waals surface area contributed by atoms with E-state index in [9.17, 15) is 10.2 Å². The second kappa shape index (κ2) is 26.9. The third-order valence-corrected chi connectivity index (χ3v) is 8.46. The first-order valence-corrected chi connectivity index (χ1v) is 19.1. The van der Waals surface area contributed by atoms with E-state index >= 15 is 0 Å². The van der Waals surface area contributed by atoms with Crippen molar-refractivity contribution in [3.63, 3.8) is 0 Å². The van der Waals surface area contributed by atoms with Gasteiger partial charge < -0.3 is 40.0 Å². The van der Waals surface area contributed by atoms with Crippen molar-refractivity contribution in [2.24, 2.45) is 0 Å². The van der Waals surface area contributed by atoms with Crippen LogP contribution in [0.5, 0.6) is 11.5 Å². The molecule has 2 aromatic carbocycles. The quantitative estimate of drug-likeness (QED) is 0.179. The van der Waals surface area contributed by atoms with Crippen molar-refractivity contribution >= 4 is 0 Å². The van der Waals surface area contributed by atoms with Crippen LogP contribution < -0.4 is 0 Å². The Morgan fingerprint density at radius 2 is 0.685 bits per heavy atom. The molecule has 0 aliphatic carbocycles. The maximum atomic E-state index is 10.8. The number of aliphatic hydroxyl groups excluding tert-OH is 2. The average molecular weight is 864 g/mol. The molecule has 0 spiro atoms. The predicted octanol–water partition coefficient (Wildman–Crippen LogP) is 7.95. The summed E-state index contributed by atoms with van der Waals surface area (Å²) >= 11 is 0. The minimum absolute atomic E-state index is 0. The normalized spacial score (nSPS) is 11.9. The Morgan fingerprint density at radius 3 is 0.870 bits per heavy atom. The van der Waals surface area contributed by atoms with Gasteiger partial charge in [-0.3, -0.25) is 0 Å². The van der Waals surface area contributed by atoms with E-state index in [4.69, 9.17) is 10.2 Å². The zero-order chi connectivity index (χ0) is 41.4. The Balaban J connectivity index is -0.000000391. The number of aromatic hydroxyl groups is 2. The number of aliphatic hydroxyl groups is 2. The monoisotopic (exact) mass is 861 g/mol. The summed E-state index contributed by atoms with van der Waals surface area (Å²) in [6, 6.07) is 8.71. The molecule has 4 N–H and O–H groups in total. The molecule has 0 radical (unpaired) electrons. The summed E-state index contributed by atoms with van der Waals surface area (Å²) in [5, 5.41) is 36.7. The van der Waals surface area contributed by atoms with Crippen LogP contribution in [-0.2, 0) is 73.7 Å². The smallest absolute Gasteiger partial charge is 0.123 e. The van der Waals surface area contributed by atoms with Crippen LogP contribution >= 0.6 is 0 Å². The van der Waals surface area contributed by atoms with E-state index in [-0.39, 0.29) is 73.8 Å². The fourth-order valence-electron chi connectivity index (χ4n) is 5.12. The van der Waals surface area contributed by atoms with Crippen LogP contribution in [0.4, 0.5) is 0 Å². The van der Waals surface area contributed by atoms with Gasteiger partial charge in [0.05, 0.1) is 0 Å². The van der Waals surface area contributed by atoms with Gasteiger partial charge in [0.1, 0.15) is 11.5 Å². The van der Waals surface area contributed by atoms with E-state index < -0.39 is 0 Å². The fourth-order valence-corrected chi connectivity index (χ4v) is 5.12. The van der Waals surface area contributed by atoms with Crippen LogP contribution in [0.1, 0.15) is 130 Å². The maximum Gasteiger partial charge on any atom is 0.123 e. The van der Waals surface area contributed by atoms with E-state index in [1.165, 1.54) is 11.1 Å². The van der Waals surface area contributed by atoms with Crippen LogP contribution in [0.3, 0.4) is 0 Å². The summed E-state index contributed by atoms with van der Waals surface area (Å²) in [7, 11) is 12.6. The van der Waals surface area contributed by atoms with Gasteiger partial charge in [0.15, 0.2) is 0 Å². The minimum Gasteiger partial charge on any atom is -0.507 e. The summed E-state index contributed by atoms with van der Waals surface area (Å²) < 4.78 is 0. The SMILES string of the molecule is CCO.CCO.CN(C)CCN(C)Cc1cc(C(C)(C)C)cc(C(C)(C)C)c1O.CN(C)CCN(C)Cc1cc(C(C)(C)C)cc(C(C)(C)C)c1O.[Zn].[Zn]. The van der Waals surface area contributed by atoms with Gasteiger partial charge in [0.25, 0.3) is 0 Å².